The van der Waals surface area contributed by atoms with Gasteiger partial charge in [-0.25, -0.2) is 0 Å². The summed E-state index contributed by atoms with van der Waals surface area (Å²) in [6.07, 6.45) is 7.94. The Morgan fingerprint density at radius 3 is 2.62 bits per heavy atom. The second-order valence-corrected chi connectivity index (χ2v) is 7.78. The van der Waals surface area contributed by atoms with E-state index < -0.39 is 6.10 Å². The Morgan fingerprint density at radius 2 is 2.00 bits per heavy atom. The molecule has 156 valence electrons. The molecule has 2 aliphatic heterocycles. The highest BCUT2D eigenvalue weighted by Gasteiger charge is 2.47. The van der Waals surface area contributed by atoms with Crippen LogP contribution < -0.4 is 4.90 Å². The zero-order chi connectivity index (χ0) is 20.7. The molecule has 0 N–H and O–H groups in total. The summed E-state index contributed by atoms with van der Waals surface area (Å²) >= 11 is 0. The third-order valence-electron chi connectivity index (χ3n) is 5.84. The molecule has 1 amide bonds. The molecule has 0 aromatic heterocycles. The third kappa shape index (κ3) is 5.24. The second kappa shape index (κ2) is 10.0. The predicted molar refractivity (Wildman–Crippen MR) is 117 cm³/mol. The normalized spacial score (nSPS) is 22.7. The minimum atomic E-state index is -0.552. The molecule has 5 nitrogen and oxygen atoms in total. The van der Waals surface area contributed by atoms with Crippen LogP contribution in [0.25, 0.3) is 0 Å². The zero-order valence-corrected chi connectivity index (χ0v) is 17.4. The number of likely N-dealkylation sites (tertiary alicyclic amines) is 1. The van der Waals surface area contributed by atoms with E-state index in [2.05, 4.69) is 18.1 Å². The molecule has 29 heavy (non-hydrogen) atoms. The lowest BCUT2D eigenvalue weighted by atomic mass is 9.88. The van der Waals surface area contributed by atoms with E-state index in [1.807, 2.05) is 53.5 Å². The van der Waals surface area contributed by atoms with Crippen molar-refractivity contribution in [3.8, 4) is 0 Å². The summed E-state index contributed by atoms with van der Waals surface area (Å²) in [5.41, 5.74) is 1.81. The van der Waals surface area contributed by atoms with Crippen molar-refractivity contribution in [3.05, 3.63) is 67.3 Å². The lowest BCUT2D eigenvalue weighted by Crippen LogP contribution is -2.63. The van der Waals surface area contributed by atoms with E-state index in [0.717, 1.165) is 44.6 Å². The molecule has 0 radical (unpaired) electrons. The maximum Gasteiger partial charge on any atom is 0.258 e. The number of hydrogen-bond acceptors (Lipinski definition) is 4. The largest absolute Gasteiger partial charge is 0.381 e. The van der Waals surface area contributed by atoms with Gasteiger partial charge in [-0.2, -0.15) is 0 Å². The molecule has 0 unspecified atom stereocenters. The highest BCUT2D eigenvalue weighted by molar-refractivity contribution is 5.97. The van der Waals surface area contributed by atoms with E-state index in [-0.39, 0.29) is 18.1 Å². The van der Waals surface area contributed by atoms with Crippen molar-refractivity contribution >= 4 is 11.6 Å². The molecule has 1 atom stereocenters. The van der Waals surface area contributed by atoms with Crippen molar-refractivity contribution in [2.75, 3.05) is 44.8 Å². The number of carbonyl (C=O) groups is 1. The van der Waals surface area contributed by atoms with Crippen LogP contribution in [0.1, 0.15) is 19.3 Å². The molecule has 2 heterocycles. The number of amides is 1. The molecule has 2 fully saturated rings. The van der Waals surface area contributed by atoms with Crippen LogP contribution in [-0.2, 0) is 14.3 Å². The number of benzene rings is 1. The van der Waals surface area contributed by atoms with Gasteiger partial charge >= 0.3 is 0 Å². The van der Waals surface area contributed by atoms with Crippen molar-refractivity contribution in [3.63, 3.8) is 0 Å². The molecule has 5 heteroatoms. The van der Waals surface area contributed by atoms with Gasteiger partial charge in [-0.3, -0.25) is 4.79 Å². The fourth-order valence-corrected chi connectivity index (χ4v) is 4.16. The molecular formula is C24H32N2O3. The van der Waals surface area contributed by atoms with E-state index >= 15 is 0 Å². The Bertz CT molecular complexity index is 736. The Labute approximate surface area is 174 Å². The van der Waals surface area contributed by atoms with Crippen LogP contribution in [0.2, 0.25) is 0 Å². The van der Waals surface area contributed by atoms with Crippen LogP contribution in [0, 0.1) is 0 Å². The first kappa shape index (κ1) is 21.5. The molecule has 0 bridgehead atoms. The first-order valence-electron chi connectivity index (χ1n) is 10.3. The molecular weight excluding hydrogens is 364 g/mol. The number of ether oxygens (including phenoxy) is 2. The monoisotopic (exact) mass is 396 g/mol. The lowest BCUT2D eigenvalue weighted by Gasteiger charge is -2.49. The molecule has 1 aromatic rings. The van der Waals surface area contributed by atoms with Gasteiger partial charge in [0.15, 0.2) is 6.10 Å². The average Bonchev–Trinajstić information content (AvgIpc) is 2.75. The quantitative estimate of drug-likeness (QED) is 0.630. The topological polar surface area (TPSA) is 42.0 Å². The number of para-hydroxylation sites is 1. The van der Waals surface area contributed by atoms with Crippen LogP contribution in [0.5, 0.6) is 0 Å². The minimum absolute atomic E-state index is 0.0173. The fourth-order valence-electron chi connectivity index (χ4n) is 4.16. The minimum Gasteiger partial charge on any atom is -0.381 e. The van der Waals surface area contributed by atoms with Crippen molar-refractivity contribution in [1.29, 1.82) is 0 Å². The molecule has 2 saturated heterocycles. The second-order valence-electron chi connectivity index (χ2n) is 7.78. The number of carbonyl (C=O) groups excluding carboxylic acids is 1. The van der Waals surface area contributed by atoms with Crippen LogP contribution >= 0.6 is 0 Å². The molecule has 2 aliphatic rings. The van der Waals surface area contributed by atoms with Crippen molar-refractivity contribution < 1.29 is 14.3 Å². The fraction of sp³-hybridized carbons (Fsp3) is 0.458. The Balaban J connectivity index is 1.67. The number of methoxy groups -OCH3 is 1. The molecule has 0 saturated carbocycles. The van der Waals surface area contributed by atoms with E-state index in [9.17, 15) is 4.79 Å². The zero-order valence-electron chi connectivity index (χ0n) is 17.4. The average molecular weight is 397 g/mol. The molecule has 1 spiro atoms. The Morgan fingerprint density at radius 1 is 1.28 bits per heavy atom. The summed E-state index contributed by atoms with van der Waals surface area (Å²) in [7, 11) is 1.61. The van der Waals surface area contributed by atoms with E-state index in [1.54, 1.807) is 7.11 Å². The van der Waals surface area contributed by atoms with Gasteiger partial charge in [0.05, 0.1) is 18.8 Å². The van der Waals surface area contributed by atoms with Crippen molar-refractivity contribution in [2.45, 2.75) is 31.0 Å². The first-order valence-corrected chi connectivity index (χ1v) is 10.3. The van der Waals surface area contributed by atoms with Gasteiger partial charge in [0.1, 0.15) is 0 Å². The smallest absolute Gasteiger partial charge is 0.258 e. The number of anilines is 1. The Kier molecular flexibility index (Phi) is 7.42. The lowest BCUT2D eigenvalue weighted by molar-refractivity contribution is -0.172. The molecule has 1 aromatic carbocycles. The van der Waals surface area contributed by atoms with Gasteiger partial charge in [-0.05, 0) is 37.0 Å². The van der Waals surface area contributed by atoms with Gasteiger partial charge in [0.2, 0.25) is 0 Å². The van der Waals surface area contributed by atoms with E-state index in [1.165, 1.54) is 5.57 Å². The maximum absolute atomic E-state index is 13.0. The molecule has 0 aliphatic carbocycles. The third-order valence-corrected chi connectivity index (χ3v) is 5.84. The summed E-state index contributed by atoms with van der Waals surface area (Å²) in [6, 6.07) is 9.87. The predicted octanol–water partition coefficient (Wildman–Crippen LogP) is 3.59. The number of nitrogens with zero attached hydrogens (tertiary/aromatic N) is 2. The summed E-state index contributed by atoms with van der Waals surface area (Å²) in [6.45, 7) is 11.4. The number of hydrogen-bond donors (Lipinski definition) is 0. The van der Waals surface area contributed by atoms with Crippen molar-refractivity contribution in [2.24, 2.45) is 0 Å². The number of rotatable bonds is 8. The van der Waals surface area contributed by atoms with Crippen molar-refractivity contribution in [1.82, 2.24) is 4.90 Å². The highest BCUT2D eigenvalue weighted by Crippen LogP contribution is 2.35. The summed E-state index contributed by atoms with van der Waals surface area (Å²) in [5, 5.41) is 0. The SMILES string of the molecule is C=C/C=C(\C=C)CCN1CCC2(CC1)CN(c1ccccc1)C(=O)[C@H](COC)O2. The van der Waals surface area contributed by atoms with E-state index in [4.69, 9.17) is 9.47 Å². The van der Waals surface area contributed by atoms with Gasteiger partial charge in [-0.15, -0.1) is 0 Å². The molecule has 3 rings (SSSR count). The summed E-state index contributed by atoms with van der Waals surface area (Å²) < 4.78 is 11.7. The van der Waals surface area contributed by atoms with E-state index in [0.29, 0.717) is 6.54 Å². The van der Waals surface area contributed by atoms with Crippen LogP contribution in [0.15, 0.2) is 67.3 Å². The number of allylic oxidation sites excluding steroid dienone is 3. The van der Waals surface area contributed by atoms with Gasteiger partial charge in [0, 0.05) is 32.4 Å². The maximum atomic E-state index is 13.0. The van der Waals surface area contributed by atoms with Crippen LogP contribution in [0.3, 0.4) is 0 Å². The Hall–Kier alpha value is -2.21. The first-order chi connectivity index (χ1) is 14.1. The standard InChI is InChI=1S/C24H32N2O3/c1-4-9-20(5-2)12-15-25-16-13-24(14-17-25)19-26(21-10-7-6-8-11-21)23(27)22(29-24)18-28-3/h4-11,22H,1-2,12-19H2,3H3/b20-9+/t22-/m0/s1. The highest BCUT2D eigenvalue weighted by atomic mass is 16.6. The summed E-state index contributed by atoms with van der Waals surface area (Å²) in [5.74, 6) is -0.0173. The van der Waals surface area contributed by atoms with Crippen LogP contribution in [0.4, 0.5) is 5.69 Å². The van der Waals surface area contributed by atoms with Gasteiger partial charge in [0.25, 0.3) is 5.91 Å². The summed E-state index contributed by atoms with van der Waals surface area (Å²) in [4.78, 5) is 17.3. The number of morpholine rings is 1. The van der Waals surface area contributed by atoms with Gasteiger partial charge < -0.3 is 19.3 Å². The number of piperidine rings is 1. The van der Waals surface area contributed by atoms with Gasteiger partial charge in [-0.1, -0.05) is 49.6 Å². The van der Waals surface area contributed by atoms with Crippen LogP contribution in [-0.4, -0.2) is 62.4 Å².